The Kier molecular flexibility index (Phi) is 6.11. The predicted octanol–water partition coefficient (Wildman–Crippen LogP) is 5.89. The van der Waals surface area contributed by atoms with Crippen LogP contribution in [0.4, 0.5) is 5.13 Å². The summed E-state index contributed by atoms with van der Waals surface area (Å²) in [6, 6.07) is 13.4. The number of nitrogens with zero attached hydrogens (tertiary/aromatic N) is 2. The molecule has 6 nitrogen and oxygen atoms in total. The number of anilines is 1. The second kappa shape index (κ2) is 9.32. The zero-order valence-electron chi connectivity index (χ0n) is 17.2. The fraction of sp³-hybridized carbons (Fsp3) is 0.174. The molecule has 0 atom stereocenters. The molecule has 162 valence electrons. The number of aromatic nitrogens is 2. The summed E-state index contributed by atoms with van der Waals surface area (Å²) in [5.41, 5.74) is 3.35. The number of rotatable bonds is 6. The van der Waals surface area contributed by atoms with E-state index in [4.69, 9.17) is 9.47 Å². The summed E-state index contributed by atoms with van der Waals surface area (Å²) in [6.45, 7) is 3.09. The van der Waals surface area contributed by atoms with E-state index in [0.717, 1.165) is 38.4 Å². The molecule has 5 rings (SSSR count). The number of amides is 1. The lowest BCUT2D eigenvalue weighted by Crippen LogP contribution is -2.15. The number of carbonyl (C=O) groups excluding carboxylic acids is 1. The van der Waals surface area contributed by atoms with Gasteiger partial charge in [0.05, 0.1) is 22.0 Å². The Morgan fingerprint density at radius 2 is 1.91 bits per heavy atom. The average Bonchev–Trinajstić information content (AvgIpc) is 3.46. The van der Waals surface area contributed by atoms with Crippen LogP contribution >= 0.6 is 34.4 Å². The topological polar surface area (TPSA) is 73.3 Å². The van der Waals surface area contributed by atoms with Crippen molar-refractivity contribution in [3.05, 3.63) is 69.5 Å². The molecular formula is C23H19N3O3S3. The molecule has 0 saturated heterocycles. The van der Waals surface area contributed by atoms with Gasteiger partial charge in [0.25, 0.3) is 5.91 Å². The van der Waals surface area contributed by atoms with Crippen LogP contribution in [0.2, 0.25) is 0 Å². The quantitative estimate of drug-likeness (QED) is 0.346. The van der Waals surface area contributed by atoms with Crippen molar-refractivity contribution < 1.29 is 14.3 Å². The molecule has 3 heterocycles. The number of hydrogen-bond donors (Lipinski definition) is 1. The van der Waals surface area contributed by atoms with E-state index in [2.05, 4.69) is 20.7 Å². The summed E-state index contributed by atoms with van der Waals surface area (Å²) in [7, 11) is 0. The highest BCUT2D eigenvalue weighted by Gasteiger charge is 2.16. The zero-order chi connectivity index (χ0) is 21.9. The summed E-state index contributed by atoms with van der Waals surface area (Å²) in [6.07, 6.45) is 0. The predicted molar refractivity (Wildman–Crippen MR) is 129 cm³/mol. The van der Waals surface area contributed by atoms with Gasteiger partial charge in [-0.1, -0.05) is 12.1 Å². The van der Waals surface area contributed by atoms with Crippen LogP contribution in [0.3, 0.4) is 0 Å². The van der Waals surface area contributed by atoms with Crippen LogP contribution < -0.4 is 14.8 Å². The van der Waals surface area contributed by atoms with Crippen molar-refractivity contribution in [2.24, 2.45) is 0 Å². The Morgan fingerprint density at radius 1 is 1.06 bits per heavy atom. The molecule has 1 aliphatic rings. The maximum Gasteiger partial charge on any atom is 0.258 e. The van der Waals surface area contributed by atoms with Gasteiger partial charge in [0, 0.05) is 27.0 Å². The third kappa shape index (κ3) is 4.64. The lowest BCUT2D eigenvalue weighted by molar-refractivity contribution is 0.102. The first kappa shape index (κ1) is 21.0. The van der Waals surface area contributed by atoms with Crippen molar-refractivity contribution in [1.29, 1.82) is 0 Å². The number of aryl methyl sites for hydroxylation is 1. The van der Waals surface area contributed by atoms with Gasteiger partial charge in [0.1, 0.15) is 13.2 Å². The summed E-state index contributed by atoms with van der Waals surface area (Å²) in [4.78, 5) is 23.0. The standard InChI is InChI=1S/C23H19N3O3S3/c1-14-24-16(11-30-14)12-31-21-5-3-2-4-17(21)22(27)26-23-25-18(13-32-23)15-6-7-19-20(10-15)29-9-8-28-19/h2-7,10-11,13H,8-9,12H2,1H3,(H,25,26,27). The second-order valence-electron chi connectivity index (χ2n) is 6.99. The van der Waals surface area contributed by atoms with E-state index in [0.29, 0.717) is 29.7 Å². The minimum Gasteiger partial charge on any atom is -0.486 e. The largest absolute Gasteiger partial charge is 0.486 e. The SMILES string of the molecule is Cc1nc(CSc2ccccc2C(=O)Nc2nc(-c3ccc4c(c3)OCCO4)cs2)cs1. The Hall–Kier alpha value is -2.88. The van der Waals surface area contributed by atoms with E-state index < -0.39 is 0 Å². The number of thiazole rings is 2. The van der Waals surface area contributed by atoms with Crippen LogP contribution in [0.1, 0.15) is 21.1 Å². The lowest BCUT2D eigenvalue weighted by atomic mass is 10.1. The highest BCUT2D eigenvalue weighted by Crippen LogP contribution is 2.35. The molecule has 32 heavy (non-hydrogen) atoms. The lowest BCUT2D eigenvalue weighted by Gasteiger charge is -2.18. The molecule has 1 N–H and O–H groups in total. The number of fused-ring (bicyclic) bond motifs is 1. The van der Waals surface area contributed by atoms with E-state index in [9.17, 15) is 4.79 Å². The van der Waals surface area contributed by atoms with Crippen LogP contribution in [-0.4, -0.2) is 29.1 Å². The van der Waals surface area contributed by atoms with Gasteiger partial charge in [-0.2, -0.15) is 0 Å². The van der Waals surface area contributed by atoms with Crippen molar-refractivity contribution in [1.82, 2.24) is 9.97 Å². The van der Waals surface area contributed by atoms with Crippen molar-refractivity contribution in [2.75, 3.05) is 18.5 Å². The molecule has 1 amide bonds. The van der Waals surface area contributed by atoms with Crippen LogP contribution in [0.15, 0.2) is 58.1 Å². The Morgan fingerprint density at radius 3 is 2.75 bits per heavy atom. The third-order valence-corrected chi connectivity index (χ3v) is 7.42. The molecule has 1 aliphatic heterocycles. The first-order valence-electron chi connectivity index (χ1n) is 9.95. The number of nitrogens with one attached hydrogen (secondary N) is 1. The first-order chi connectivity index (χ1) is 15.7. The smallest absolute Gasteiger partial charge is 0.258 e. The summed E-state index contributed by atoms with van der Waals surface area (Å²) >= 11 is 4.64. The maximum atomic E-state index is 13.0. The highest BCUT2D eigenvalue weighted by molar-refractivity contribution is 7.98. The van der Waals surface area contributed by atoms with E-state index in [1.165, 1.54) is 11.3 Å². The summed E-state index contributed by atoms with van der Waals surface area (Å²) in [5.74, 6) is 2.00. The monoisotopic (exact) mass is 481 g/mol. The van der Waals surface area contributed by atoms with Crippen molar-refractivity contribution >= 4 is 45.5 Å². The van der Waals surface area contributed by atoms with E-state index in [1.54, 1.807) is 23.1 Å². The van der Waals surface area contributed by atoms with E-state index in [-0.39, 0.29) is 5.91 Å². The van der Waals surface area contributed by atoms with Gasteiger partial charge in [-0.05, 0) is 37.3 Å². The molecule has 0 unspecified atom stereocenters. The molecule has 0 bridgehead atoms. The van der Waals surface area contributed by atoms with Gasteiger partial charge in [-0.15, -0.1) is 34.4 Å². The van der Waals surface area contributed by atoms with Crippen molar-refractivity contribution in [3.8, 4) is 22.8 Å². The summed E-state index contributed by atoms with van der Waals surface area (Å²) < 4.78 is 11.2. The summed E-state index contributed by atoms with van der Waals surface area (Å²) in [5, 5.41) is 8.51. The minimum absolute atomic E-state index is 0.175. The van der Waals surface area contributed by atoms with Crippen molar-refractivity contribution in [3.63, 3.8) is 0 Å². The molecule has 4 aromatic rings. The molecule has 2 aromatic heterocycles. The fourth-order valence-electron chi connectivity index (χ4n) is 3.24. The van der Waals surface area contributed by atoms with Gasteiger partial charge in [-0.25, -0.2) is 9.97 Å². The van der Waals surface area contributed by atoms with Gasteiger partial charge < -0.3 is 9.47 Å². The van der Waals surface area contributed by atoms with Gasteiger partial charge in [0.2, 0.25) is 0 Å². The maximum absolute atomic E-state index is 13.0. The average molecular weight is 482 g/mol. The van der Waals surface area contributed by atoms with Crippen molar-refractivity contribution in [2.45, 2.75) is 17.6 Å². The third-order valence-electron chi connectivity index (χ3n) is 4.74. The van der Waals surface area contributed by atoms with Crippen LogP contribution in [0.5, 0.6) is 11.5 Å². The Labute approximate surface area is 197 Å². The molecule has 9 heteroatoms. The van der Waals surface area contributed by atoms with Gasteiger partial charge in [0.15, 0.2) is 16.6 Å². The van der Waals surface area contributed by atoms with Gasteiger partial charge in [-0.3, -0.25) is 10.1 Å². The number of ether oxygens (including phenoxy) is 2. The van der Waals surface area contributed by atoms with E-state index >= 15 is 0 Å². The zero-order valence-corrected chi connectivity index (χ0v) is 19.6. The number of carbonyl (C=O) groups is 1. The minimum atomic E-state index is -0.175. The Balaban J connectivity index is 1.29. The van der Waals surface area contributed by atoms with Crippen LogP contribution in [-0.2, 0) is 5.75 Å². The van der Waals surface area contributed by atoms with Crippen LogP contribution in [0, 0.1) is 6.92 Å². The number of thioether (sulfide) groups is 1. The number of hydrogen-bond acceptors (Lipinski definition) is 8. The molecular weight excluding hydrogens is 462 g/mol. The van der Waals surface area contributed by atoms with E-state index in [1.807, 2.05) is 54.8 Å². The fourth-order valence-corrected chi connectivity index (χ4v) is 5.61. The molecule has 2 aromatic carbocycles. The molecule has 0 saturated carbocycles. The molecule has 0 fully saturated rings. The molecule has 0 radical (unpaired) electrons. The first-order valence-corrected chi connectivity index (χ1v) is 12.7. The highest BCUT2D eigenvalue weighted by atomic mass is 32.2. The second-order valence-corrected chi connectivity index (χ2v) is 9.93. The molecule has 0 spiro atoms. The van der Waals surface area contributed by atoms with Gasteiger partial charge >= 0.3 is 0 Å². The molecule has 0 aliphatic carbocycles. The number of benzene rings is 2. The normalized spacial score (nSPS) is 12.5. The Bertz CT molecular complexity index is 1270. The van der Waals surface area contributed by atoms with Crippen LogP contribution in [0.25, 0.3) is 11.3 Å².